The quantitative estimate of drug-likeness (QED) is 0.241. The molecule has 33 heavy (non-hydrogen) atoms. The molecule has 0 spiro atoms. The number of fused-ring (bicyclic) bond motifs is 2. The summed E-state index contributed by atoms with van der Waals surface area (Å²) in [4.78, 5) is 0. The molecule has 0 saturated heterocycles. The number of phenolic OH excluding ortho intramolecular Hbond substituents is 4. The minimum Gasteiger partial charge on any atom is -0.507 e. The van der Waals surface area contributed by atoms with Crippen molar-refractivity contribution < 1.29 is 25.2 Å². The second-order valence-electron chi connectivity index (χ2n) is 8.19. The summed E-state index contributed by atoms with van der Waals surface area (Å²) < 4.78 is 5.60. The van der Waals surface area contributed by atoms with Crippen molar-refractivity contribution in [2.24, 2.45) is 0 Å². The Morgan fingerprint density at radius 2 is 1.15 bits per heavy atom. The van der Waals surface area contributed by atoms with E-state index in [0.717, 1.165) is 0 Å². The lowest BCUT2D eigenvalue weighted by atomic mass is 9.87. The van der Waals surface area contributed by atoms with Gasteiger partial charge in [0, 0.05) is 39.8 Å². The van der Waals surface area contributed by atoms with E-state index in [4.69, 9.17) is 4.74 Å². The predicted molar refractivity (Wildman–Crippen MR) is 131 cm³/mol. The van der Waals surface area contributed by atoms with Gasteiger partial charge in [0.25, 0.3) is 0 Å². The molecule has 0 radical (unpaired) electrons. The predicted octanol–water partition coefficient (Wildman–Crippen LogP) is 5.74. The zero-order valence-corrected chi connectivity index (χ0v) is 18.6. The van der Waals surface area contributed by atoms with Crippen LogP contribution in [0.15, 0.2) is 55.1 Å². The highest BCUT2D eigenvalue weighted by Gasteiger charge is 2.30. The van der Waals surface area contributed by atoms with E-state index in [9.17, 15) is 20.4 Å². The van der Waals surface area contributed by atoms with Crippen LogP contribution in [-0.2, 0) is 10.3 Å². The van der Waals surface area contributed by atoms with Crippen LogP contribution in [0.25, 0.3) is 27.6 Å². The Hall–Kier alpha value is -4.14. The Morgan fingerprint density at radius 3 is 1.64 bits per heavy atom. The molecule has 0 heterocycles. The molecule has 0 unspecified atom stereocenters. The number of rotatable bonds is 3. The van der Waals surface area contributed by atoms with Crippen molar-refractivity contribution in [1.29, 1.82) is 0 Å². The normalized spacial score (nSPS) is 11.4. The van der Waals surface area contributed by atoms with Crippen LogP contribution in [-0.4, -0.2) is 27.5 Å². The van der Waals surface area contributed by atoms with Crippen molar-refractivity contribution in [3.8, 4) is 34.8 Å². The highest BCUT2D eigenvalue weighted by Crippen LogP contribution is 2.45. The number of hydrogen-bond donors (Lipinski definition) is 4. The van der Waals surface area contributed by atoms with Gasteiger partial charge in [-0.1, -0.05) is 73.0 Å². The Bertz CT molecular complexity index is 1490. The van der Waals surface area contributed by atoms with Crippen LogP contribution in [0.5, 0.6) is 23.0 Å². The van der Waals surface area contributed by atoms with E-state index in [-0.39, 0.29) is 39.7 Å². The first-order valence-electron chi connectivity index (χ1n) is 10.4. The third-order valence-electron chi connectivity index (χ3n) is 5.99. The van der Waals surface area contributed by atoms with Crippen LogP contribution in [0.4, 0.5) is 0 Å². The number of methoxy groups -OCH3 is 1. The SMILES string of the molecule is C=Cc1c(C#Cc2c(C(C)(C)OC)c(O)c3ccccc3c2O)c(O)c2ccccc2c1O. The summed E-state index contributed by atoms with van der Waals surface area (Å²) in [7, 11) is 1.51. The molecule has 0 saturated carbocycles. The largest absolute Gasteiger partial charge is 0.507 e. The van der Waals surface area contributed by atoms with Crippen molar-refractivity contribution >= 4 is 27.6 Å². The van der Waals surface area contributed by atoms with Gasteiger partial charge in [0.05, 0.1) is 16.7 Å². The van der Waals surface area contributed by atoms with Crippen molar-refractivity contribution in [3.05, 3.63) is 77.4 Å². The van der Waals surface area contributed by atoms with Gasteiger partial charge in [0.1, 0.15) is 23.0 Å². The van der Waals surface area contributed by atoms with E-state index < -0.39 is 5.60 Å². The first-order valence-corrected chi connectivity index (χ1v) is 10.4. The molecule has 0 amide bonds. The van der Waals surface area contributed by atoms with Crippen molar-refractivity contribution in [2.45, 2.75) is 19.4 Å². The molecule has 0 bridgehead atoms. The number of phenols is 4. The molecule has 5 heteroatoms. The molecule has 0 fully saturated rings. The van der Waals surface area contributed by atoms with Gasteiger partial charge in [-0.05, 0) is 13.8 Å². The summed E-state index contributed by atoms with van der Waals surface area (Å²) in [5.74, 6) is 5.50. The maximum atomic E-state index is 11.1. The van der Waals surface area contributed by atoms with Crippen LogP contribution >= 0.6 is 0 Å². The summed E-state index contributed by atoms with van der Waals surface area (Å²) in [6.45, 7) is 7.27. The van der Waals surface area contributed by atoms with E-state index in [1.54, 1.807) is 62.4 Å². The van der Waals surface area contributed by atoms with Gasteiger partial charge in [-0.25, -0.2) is 0 Å². The van der Waals surface area contributed by atoms with E-state index in [2.05, 4.69) is 18.4 Å². The minimum absolute atomic E-state index is 0.0472. The Kier molecular flexibility index (Phi) is 5.41. The van der Waals surface area contributed by atoms with Crippen molar-refractivity contribution in [1.82, 2.24) is 0 Å². The summed E-state index contributed by atoms with van der Waals surface area (Å²) in [6, 6.07) is 13.8. The van der Waals surface area contributed by atoms with E-state index in [0.29, 0.717) is 27.1 Å². The summed E-state index contributed by atoms with van der Waals surface area (Å²) in [5.41, 5.74) is -0.0617. The molecule has 0 atom stereocenters. The average Bonchev–Trinajstić information content (AvgIpc) is 2.83. The fraction of sp³-hybridized carbons (Fsp3) is 0.143. The van der Waals surface area contributed by atoms with E-state index in [1.165, 1.54) is 13.2 Å². The average molecular weight is 440 g/mol. The van der Waals surface area contributed by atoms with Gasteiger partial charge in [-0.3, -0.25) is 0 Å². The maximum absolute atomic E-state index is 11.1. The van der Waals surface area contributed by atoms with Gasteiger partial charge in [-0.2, -0.15) is 0 Å². The lowest BCUT2D eigenvalue weighted by Crippen LogP contribution is -2.21. The monoisotopic (exact) mass is 440 g/mol. The van der Waals surface area contributed by atoms with Crippen molar-refractivity contribution in [3.63, 3.8) is 0 Å². The van der Waals surface area contributed by atoms with Crippen LogP contribution in [0, 0.1) is 11.8 Å². The Balaban J connectivity index is 2.09. The molecule has 0 aliphatic heterocycles. The standard InChI is InChI=1S/C28H24O5/c1-5-16-21(25(30)18-11-7-6-10-17(18)24(16)29)14-15-22-23(28(2,3)33-4)27(32)20-13-9-8-12-19(20)26(22)31/h5-13,29-32H,1H2,2-4H3. The van der Waals surface area contributed by atoms with Gasteiger partial charge >= 0.3 is 0 Å². The topological polar surface area (TPSA) is 90.2 Å². The zero-order chi connectivity index (χ0) is 23.9. The van der Waals surface area contributed by atoms with Crippen LogP contribution < -0.4 is 0 Å². The molecule has 4 N–H and O–H groups in total. The second kappa shape index (κ2) is 8.09. The zero-order valence-electron chi connectivity index (χ0n) is 18.6. The van der Waals surface area contributed by atoms with Gasteiger partial charge < -0.3 is 25.2 Å². The molecule has 4 rings (SSSR count). The second-order valence-corrected chi connectivity index (χ2v) is 8.19. The molecule has 0 aromatic heterocycles. The maximum Gasteiger partial charge on any atom is 0.139 e. The Morgan fingerprint density at radius 1 is 0.727 bits per heavy atom. The van der Waals surface area contributed by atoms with E-state index >= 15 is 0 Å². The molecule has 4 aromatic rings. The lowest BCUT2D eigenvalue weighted by molar-refractivity contribution is 0.0171. The summed E-state index contributed by atoms with van der Waals surface area (Å²) in [5, 5.41) is 45.7. The molecule has 4 aromatic carbocycles. The number of ether oxygens (including phenoxy) is 1. The molecule has 166 valence electrons. The molecular weight excluding hydrogens is 416 g/mol. The third-order valence-corrected chi connectivity index (χ3v) is 5.99. The lowest BCUT2D eigenvalue weighted by Gasteiger charge is -2.27. The van der Waals surface area contributed by atoms with Crippen LogP contribution in [0.3, 0.4) is 0 Å². The summed E-state index contributed by atoms with van der Waals surface area (Å²) >= 11 is 0. The smallest absolute Gasteiger partial charge is 0.139 e. The molecule has 0 aliphatic rings. The Labute approximate surface area is 191 Å². The molecule has 0 aliphatic carbocycles. The van der Waals surface area contributed by atoms with Crippen LogP contribution in [0.1, 0.15) is 36.1 Å². The highest BCUT2D eigenvalue weighted by atomic mass is 16.5. The highest BCUT2D eigenvalue weighted by molar-refractivity contribution is 5.99. The van der Waals surface area contributed by atoms with Crippen molar-refractivity contribution in [2.75, 3.05) is 7.11 Å². The number of aromatic hydroxyl groups is 4. The molecular formula is C28H24O5. The third kappa shape index (κ3) is 3.42. The number of hydrogen-bond acceptors (Lipinski definition) is 5. The van der Waals surface area contributed by atoms with Crippen LogP contribution in [0.2, 0.25) is 0 Å². The number of benzene rings is 4. The molecule has 5 nitrogen and oxygen atoms in total. The minimum atomic E-state index is -0.982. The summed E-state index contributed by atoms with van der Waals surface area (Å²) in [6.07, 6.45) is 1.42. The first-order chi connectivity index (χ1) is 15.7. The van der Waals surface area contributed by atoms with Gasteiger partial charge in [-0.15, -0.1) is 0 Å². The van der Waals surface area contributed by atoms with E-state index in [1.807, 2.05) is 0 Å². The first kappa shape index (κ1) is 22.1. The van der Waals surface area contributed by atoms with Gasteiger partial charge in [0.2, 0.25) is 0 Å². The fourth-order valence-corrected chi connectivity index (χ4v) is 4.08. The fourth-order valence-electron chi connectivity index (χ4n) is 4.08. The van der Waals surface area contributed by atoms with Gasteiger partial charge in [0.15, 0.2) is 0 Å².